The van der Waals surface area contributed by atoms with Crippen LogP contribution in [0.2, 0.25) is 5.02 Å². The Hall–Kier alpha value is -2.09. The maximum atomic E-state index is 12.0. The van der Waals surface area contributed by atoms with Crippen molar-refractivity contribution in [1.82, 2.24) is 0 Å². The molecule has 0 aromatic heterocycles. The molecule has 0 aliphatic carbocycles. The van der Waals surface area contributed by atoms with Gasteiger partial charge in [-0.1, -0.05) is 84.4 Å². The summed E-state index contributed by atoms with van der Waals surface area (Å²) in [6.07, 6.45) is 0.171. The highest BCUT2D eigenvalue weighted by Gasteiger charge is 2.38. The highest BCUT2D eigenvalue weighted by Crippen LogP contribution is 2.42. The van der Waals surface area contributed by atoms with E-state index in [4.69, 9.17) is 23.2 Å². The number of carbonyl (C=O) groups excluding carboxylic acids is 1. The van der Waals surface area contributed by atoms with Crippen LogP contribution in [0.25, 0.3) is 0 Å². The third-order valence-corrected chi connectivity index (χ3v) is 4.66. The molecular formula is C21H16Cl2O. The molecule has 120 valence electrons. The number of hydrogen-bond donors (Lipinski definition) is 0. The van der Waals surface area contributed by atoms with Crippen LogP contribution in [0.4, 0.5) is 0 Å². The summed E-state index contributed by atoms with van der Waals surface area (Å²) < 4.78 is 0. The molecule has 3 heteroatoms. The molecule has 0 unspecified atom stereocenters. The number of rotatable bonds is 5. The average molecular weight is 355 g/mol. The van der Waals surface area contributed by atoms with Gasteiger partial charge in [-0.05, 0) is 40.4 Å². The Morgan fingerprint density at radius 2 is 1.12 bits per heavy atom. The molecule has 3 rings (SSSR count). The Bertz CT molecular complexity index is 772. The Morgan fingerprint density at radius 3 is 1.54 bits per heavy atom. The summed E-state index contributed by atoms with van der Waals surface area (Å²) in [4.78, 5) is 12.0. The Morgan fingerprint density at radius 1 is 0.708 bits per heavy atom. The molecule has 24 heavy (non-hydrogen) atoms. The fourth-order valence-electron chi connectivity index (χ4n) is 3.19. The van der Waals surface area contributed by atoms with Crippen molar-refractivity contribution in [2.75, 3.05) is 0 Å². The molecule has 0 fully saturated rings. The minimum Gasteiger partial charge on any atom is -0.281 e. The zero-order valence-electron chi connectivity index (χ0n) is 13.0. The minimum atomic E-state index is -0.647. The first-order chi connectivity index (χ1) is 11.6. The summed E-state index contributed by atoms with van der Waals surface area (Å²) in [5.41, 5.74) is 2.38. The van der Waals surface area contributed by atoms with E-state index >= 15 is 0 Å². The van der Waals surface area contributed by atoms with Gasteiger partial charge in [-0.25, -0.2) is 0 Å². The minimum absolute atomic E-state index is 0.171. The lowest BCUT2D eigenvalue weighted by Gasteiger charge is -2.35. The number of benzene rings is 3. The molecule has 0 saturated carbocycles. The van der Waals surface area contributed by atoms with Crippen LogP contribution in [0.5, 0.6) is 0 Å². The number of halogens is 2. The Kier molecular flexibility index (Phi) is 5.03. The first kappa shape index (κ1) is 16.8. The van der Waals surface area contributed by atoms with E-state index in [-0.39, 0.29) is 11.7 Å². The van der Waals surface area contributed by atoms with Gasteiger partial charge in [0.2, 0.25) is 5.24 Å². The van der Waals surface area contributed by atoms with E-state index in [9.17, 15) is 4.79 Å². The molecule has 0 N–H and O–H groups in total. The Labute approximate surface area is 151 Å². The fraction of sp³-hybridized carbons (Fsp3) is 0.0952. The lowest BCUT2D eigenvalue weighted by atomic mass is 9.67. The second-order valence-electron chi connectivity index (χ2n) is 5.68. The van der Waals surface area contributed by atoms with Gasteiger partial charge in [-0.3, -0.25) is 4.79 Å². The highest BCUT2D eigenvalue weighted by atomic mass is 35.5. The molecule has 0 aliphatic rings. The third-order valence-electron chi connectivity index (χ3n) is 4.27. The van der Waals surface area contributed by atoms with Gasteiger partial charge in [0, 0.05) is 11.4 Å². The SMILES string of the molecule is O=C(Cl)CC(c1ccccc1)(c1ccccc1)c1ccc(Cl)cc1. The van der Waals surface area contributed by atoms with E-state index in [1.165, 1.54) is 0 Å². The van der Waals surface area contributed by atoms with Gasteiger partial charge >= 0.3 is 0 Å². The predicted molar refractivity (Wildman–Crippen MR) is 99.7 cm³/mol. The summed E-state index contributed by atoms with van der Waals surface area (Å²) >= 11 is 11.9. The van der Waals surface area contributed by atoms with Gasteiger partial charge in [0.25, 0.3) is 0 Å². The topological polar surface area (TPSA) is 17.1 Å². The summed E-state index contributed by atoms with van der Waals surface area (Å²) in [6.45, 7) is 0. The maximum absolute atomic E-state index is 12.0. The van der Waals surface area contributed by atoms with E-state index in [1.807, 2.05) is 84.9 Å². The molecule has 3 aromatic carbocycles. The van der Waals surface area contributed by atoms with Crippen LogP contribution >= 0.6 is 23.2 Å². The van der Waals surface area contributed by atoms with Crippen LogP contribution in [-0.4, -0.2) is 5.24 Å². The highest BCUT2D eigenvalue weighted by molar-refractivity contribution is 6.63. The lowest BCUT2D eigenvalue weighted by molar-refractivity contribution is -0.112. The van der Waals surface area contributed by atoms with E-state index in [0.717, 1.165) is 16.7 Å². The smallest absolute Gasteiger partial charge is 0.223 e. The standard InChI is InChI=1S/C21H16Cl2O/c22-19-13-11-18(12-14-19)21(15-20(23)24,16-7-3-1-4-8-16)17-9-5-2-6-10-17/h1-14H,15H2. The van der Waals surface area contributed by atoms with Crippen molar-refractivity contribution in [3.05, 3.63) is 107 Å². The molecule has 0 aliphatic heterocycles. The zero-order chi connectivity index (χ0) is 17.0. The average Bonchev–Trinajstić information content (AvgIpc) is 2.62. The Balaban J connectivity index is 2.32. The number of carbonyl (C=O) groups is 1. The van der Waals surface area contributed by atoms with Crippen LogP contribution in [-0.2, 0) is 10.2 Å². The van der Waals surface area contributed by atoms with Crippen molar-refractivity contribution in [2.24, 2.45) is 0 Å². The van der Waals surface area contributed by atoms with Gasteiger partial charge in [0.1, 0.15) is 0 Å². The van der Waals surface area contributed by atoms with Gasteiger partial charge in [0.15, 0.2) is 0 Å². The van der Waals surface area contributed by atoms with Crippen LogP contribution in [0.3, 0.4) is 0 Å². The molecule has 1 nitrogen and oxygen atoms in total. The van der Waals surface area contributed by atoms with Gasteiger partial charge in [-0.2, -0.15) is 0 Å². The van der Waals surface area contributed by atoms with Crippen molar-refractivity contribution in [2.45, 2.75) is 11.8 Å². The predicted octanol–water partition coefficient (Wildman–Crippen LogP) is 5.83. The molecule has 0 heterocycles. The van der Waals surface area contributed by atoms with E-state index < -0.39 is 5.41 Å². The van der Waals surface area contributed by atoms with Crippen molar-refractivity contribution >= 4 is 28.4 Å². The quantitative estimate of drug-likeness (QED) is 0.416. The van der Waals surface area contributed by atoms with E-state index in [0.29, 0.717) is 5.02 Å². The lowest BCUT2D eigenvalue weighted by Crippen LogP contribution is -2.31. The summed E-state index contributed by atoms with van der Waals surface area (Å²) in [6, 6.07) is 27.5. The van der Waals surface area contributed by atoms with Crippen LogP contribution in [0.1, 0.15) is 23.1 Å². The second kappa shape index (κ2) is 7.21. The largest absolute Gasteiger partial charge is 0.281 e. The van der Waals surface area contributed by atoms with Crippen LogP contribution < -0.4 is 0 Å². The van der Waals surface area contributed by atoms with Gasteiger partial charge in [-0.15, -0.1) is 0 Å². The molecule has 0 bridgehead atoms. The first-order valence-corrected chi connectivity index (χ1v) is 8.44. The van der Waals surface area contributed by atoms with Crippen molar-refractivity contribution < 1.29 is 4.79 Å². The van der Waals surface area contributed by atoms with Crippen molar-refractivity contribution in [3.63, 3.8) is 0 Å². The van der Waals surface area contributed by atoms with Gasteiger partial charge in [0.05, 0.1) is 5.41 Å². The normalized spacial score (nSPS) is 11.2. The molecule has 0 amide bonds. The van der Waals surface area contributed by atoms with Crippen molar-refractivity contribution in [1.29, 1.82) is 0 Å². The molecule has 0 atom stereocenters. The van der Waals surface area contributed by atoms with Gasteiger partial charge < -0.3 is 0 Å². The molecule has 0 spiro atoms. The van der Waals surface area contributed by atoms with E-state index in [1.54, 1.807) is 0 Å². The summed E-state index contributed by atoms with van der Waals surface area (Å²) in [7, 11) is 0. The van der Waals surface area contributed by atoms with Crippen LogP contribution in [0, 0.1) is 0 Å². The second-order valence-corrected chi connectivity index (χ2v) is 6.53. The van der Waals surface area contributed by atoms with E-state index in [2.05, 4.69) is 0 Å². The molecule has 3 aromatic rings. The molecule has 0 radical (unpaired) electrons. The summed E-state index contributed by atoms with van der Waals surface area (Å²) in [5.74, 6) is 0. The zero-order valence-corrected chi connectivity index (χ0v) is 14.5. The number of hydrogen-bond acceptors (Lipinski definition) is 1. The van der Waals surface area contributed by atoms with Crippen LogP contribution in [0.15, 0.2) is 84.9 Å². The third kappa shape index (κ3) is 3.24. The molecular weight excluding hydrogens is 339 g/mol. The molecule has 0 saturated heterocycles. The first-order valence-electron chi connectivity index (χ1n) is 7.68. The maximum Gasteiger partial charge on any atom is 0.223 e. The monoisotopic (exact) mass is 354 g/mol. The van der Waals surface area contributed by atoms with Crippen molar-refractivity contribution in [3.8, 4) is 0 Å². The summed E-state index contributed by atoms with van der Waals surface area (Å²) in [5, 5.41) is 0.281. The fourth-order valence-corrected chi connectivity index (χ4v) is 3.52.